The van der Waals surface area contributed by atoms with Gasteiger partial charge >= 0.3 is 11.3 Å². The van der Waals surface area contributed by atoms with Crippen LogP contribution in [-0.4, -0.2) is 21.8 Å². The molecule has 0 aromatic carbocycles. The predicted octanol–water partition coefficient (Wildman–Crippen LogP) is 4.07. The van der Waals surface area contributed by atoms with Crippen molar-refractivity contribution < 1.29 is 28.6 Å². The molecule has 0 radical (unpaired) electrons. The normalized spacial score (nSPS) is 17.1. The Morgan fingerprint density at radius 1 is 0.656 bits per heavy atom. The molecule has 0 amide bonds. The minimum absolute atomic E-state index is 0.0814. The predicted molar refractivity (Wildman–Crippen MR) is 116 cm³/mol. The van der Waals surface area contributed by atoms with E-state index in [1.165, 1.54) is 12.3 Å². The van der Waals surface area contributed by atoms with Crippen molar-refractivity contribution in [1.29, 1.82) is 0 Å². The summed E-state index contributed by atoms with van der Waals surface area (Å²) in [5.74, 6) is -1.23. The Morgan fingerprint density at radius 3 is 1.84 bits per heavy atom. The fourth-order valence-electron chi connectivity index (χ4n) is 3.97. The number of aryl methyl sites for hydroxylation is 2. The first-order chi connectivity index (χ1) is 15.4. The maximum atomic E-state index is 12.5. The molecular formula is C24H28O8. The molecule has 3 heterocycles. The molecule has 0 atom stereocenters. The summed E-state index contributed by atoms with van der Waals surface area (Å²) in [6, 6.07) is 1.34. The van der Waals surface area contributed by atoms with E-state index in [1.54, 1.807) is 0 Å². The smallest absolute Gasteiger partial charge is 0.350 e. The molecule has 4 bridgehead atoms. The average Bonchev–Trinajstić information content (AvgIpc) is 2.73. The molecule has 172 valence electrons. The summed E-state index contributed by atoms with van der Waals surface area (Å²) in [5.41, 5.74) is -1.81. The quantitative estimate of drug-likeness (QED) is 0.621. The van der Waals surface area contributed by atoms with Crippen molar-refractivity contribution in [2.75, 3.05) is 0 Å². The Morgan fingerprint density at radius 2 is 1.22 bits per heavy atom. The van der Waals surface area contributed by atoms with Crippen LogP contribution in [-0.2, 0) is 12.8 Å². The van der Waals surface area contributed by atoms with Crippen molar-refractivity contribution in [2.24, 2.45) is 0 Å². The maximum absolute atomic E-state index is 12.5. The third kappa shape index (κ3) is 5.75. The molecular weight excluding hydrogens is 416 g/mol. The number of carbonyl (C=O) groups is 2. The first-order valence-corrected chi connectivity index (χ1v) is 11.1. The molecule has 0 fully saturated rings. The summed E-state index contributed by atoms with van der Waals surface area (Å²) < 4.78 is 10.2. The number of carbonyl (C=O) groups excluding carboxylic acids is 2. The van der Waals surface area contributed by atoms with Gasteiger partial charge in [-0.2, -0.15) is 0 Å². The van der Waals surface area contributed by atoms with Crippen LogP contribution in [0, 0.1) is 0 Å². The van der Waals surface area contributed by atoms with Crippen LogP contribution in [0.3, 0.4) is 0 Å². The van der Waals surface area contributed by atoms with Crippen molar-refractivity contribution in [3.63, 3.8) is 0 Å². The molecule has 0 saturated heterocycles. The minimum Gasteiger partial charge on any atom is -0.507 e. The number of hydrogen-bond acceptors (Lipinski definition) is 8. The summed E-state index contributed by atoms with van der Waals surface area (Å²) in [4.78, 5) is 49.0. The second-order valence-electron chi connectivity index (χ2n) is 8.21. The molecule has 2 aliphatic rings. The Hall–Kier alpha value is -3.16. The van der Waals surface area contributed by atoms with Crippen LogP contribution < -0.4 is 11.3 Å². The maximum Gasteiger partial charge on any atom is 0.350 e. The van der Waals surface area contributed by atoms with Gasteiger partial charge in [-0.1, -0.05) is 25.7 Å². The zero-order chi connectivity index (χ0) is 23.1. The summed E-state index contributed by atoms with van der Waals surface area (Å²) in [7, 11) is 0. The highest BCUT2D eigenvalue weighted by Gasteiger charge is 2.21. The van der Waals surface area contributed by atoms with Crippen LogP contribution in [0.1, 0.15) is 96.2 Å². The zero-order valence-electron chi connectivity index (χ0n) is 18.0. The molecule has 0 saturated carbocycles. The second kappa shape index (κ2) is 10.9. The van der Waals surface area contributed by atoms with Crippen molar-refractivity contribution in [3.8, 4) is 11.5 Å². The van der Waals surface area contributed by atoms with Crippen LogP contribution in [0.4, 0.5) is 0 Å². The van der Waals surface area contributed by atoms with Crippen molar-refractivity contribution in [2.45, 2.75) is 77.0 Å². The highest BCUT2D eigenvalue weighted by Crippen LogP contribution is 2.25. The first-order valence-electron chi connectivity index (χ1n) is 11.1. The van der Waals surface area contributed by atoms with E-state index in [1.807, 2.05) is 0 Å². The van der Waals surface area contributed by atoms with Crippen molar-refractivity contribution >= 4 is 11.6 Å². The van der Waals surface area contributed by atoms with E-state index >= 15 is 0 Å². The Kier molecular flexibility index (Phi) is 8.03. The van der Waals surface area contributed by atoms with Gasteiger partial charge in [0.25, 0.3) is 0 Å². The third-order valence-electron chi connectivity index (χ3n) is 5.77. The fourth-order valence-corrected chi connectivity index (χ4v) is 3.97. The van der Waals surface area contributed by atoms with E-state index in [-0.39, 0.29) is 35.5 Å². The summed E-state index contributed by atoms with van der Waals surface area (Å²) in [5, 5.41) is 20.6. The van der Waals surface area contributed by atoms with E-state index in [4.69, 9.17) is 8.83 Å². The molecule has 2 N–H and O–H groups in total. The number of aromatic hydroxyl groups is 2. The summed E-state index contributed by atoms with van der Waals surface area (Å²) >= 11 is 0. The minimum atomic E-state index is -0.832. The lowest BCUT2D eigenvalue weighted by atomic mass is 10.00. The van der Waals surface area contributed by atoms with Gasteiger partial charge < -0.3 is 19.0 Å². The molecule has 0 unspecified atom stereocenters. The molecule has 32 heavy (non-hydrogen) atoms. The molecule has 8 heteroatoms. The average molecular weight is 444 g/mol. The third-order valence-corrected chi connectivity index (χ3v) is 5.77. The van der Waals surface area contributed by atoms with Gasteiger partial charge in [-0.3, -0.25) is 9.59 Å². The van der Waals surface area contributed by atoms with Gasteiger partial charge in [-0.25, -0.2) is 9.59 Å². The summed E-state index contributed by atoms with van der Waals surface area (Å²) in [6.45, 7) is 0. The molecule has 0 spiro atoms. The van der Waals surface area contributed by atoms with E-state index in [0.29, 0.717) is 62.7 Å². The molecule has 2 aromatic heterocycles. The van der Waals surface area contributed by atoms with Gasteiger partial charge in [0.1, 0.15) is 34.6 Å². The largest absolute Gasteiger partial charge is 0.507 e. The highest BCUT2D eigenvalue weighted by molar-refractivity contribution is 5.98. The Labute approximate surface area is 184 Å². The molecule has 4 rings (SSSR count). The first kappa shape index (κ1) is 23.5. The number of hydrogen-bond donors (Lipinski definition) is 2. The zero-order valence-corrected chi connectivity index (χ0v) is 18.0. The lowest BCUT2D eigenvalue weighted by Gasteiger charge is -2.08. The van der Waals surface area contributed by atoms with Gasteiger partial charge in [-0.15, -0.1) is 0 Å². The number of ketones is 2. The van der Waals surface area contributed by atoms with Gasteiger partial charge in [0.15, 0.2) is 11.6 Å². The molecule has 1 aliphatic carbocycles. The van der Waals surface area contributed by atoms with E-state index < -0.39 is 22.8 Å². The number of fused-ring (bicyclic) bond motifs is 14. The Bertz CT molecular complexity index is 1090. The van der Waals surface area contributed by atoms with Crippen LogP contribution in [0.5, 0.6) is 11.5 Å². The van der Waals surface area contributed by atoms with Crippen molar-refractivity contribution in [1.82, 2.24) is 0 Å². The fraction of sp³-hybridized carbons (Fsp3) is 0.500. The lowest BCUT2D eigenvalue weighted by molar-refractivity contribution is 0.0958. The van der Waals surface area contributed by atoms with Gasteiger partial charge in [0.2, 0.25) is 0 Å². The van der Waals surface area contributed by atoms with Crippen LogP contribution in [0.2, 0.25) is 0 Å². The van der Waals surface area contributed by atoms with Gasteiger partial charge in [-0.05, 0) is 32.1 Å². The Balaban J connectivity index is 1.75. The topological polar surface area (TPSA) is 135 Å². The molecule has 2 aromatic rings. The van der Waals surface area contributed by atoms with E-state index in [9.17, 15) is 29.4 Å². The lowest BCUT2D eigenvalue weighted by Crippen LogP contribution is -2.15. The number of rotatable bonds is 0. The summed E-state index contributed by atoms with van der Waals surface area (Å²) in [6.07, 6.45) is 7.52. The monoisotopic (exact) mass is 444 g/mol. The standard InChI is InChI=1S/C24H28O8/c25-17-11-7-3-4-8-12-18(26)21-22(28)15(14-31-23(21)29)9-5-1-2-6-10-16-13-19(27)20(17)24(30)32-16/h13-14,27-28H,1-12H2. The van der Waals surface area contributed by atoms with Crippen LogP contribution >= 0.6 is 0 Å². The number of Topliss-reactive ketones (excluding diaryl/α,β-unsaturated/α-hetero) is 2. The van der Waals surface area contributed by atoms with Gasteiger partial charge in [0.05, 0.1) is 0 Å². The SMILES string of the molecule is O=C1CCCCCCC(=O)c2c(O)c(coc2=O)CCCCCCc2cc(O)c1c(=O)o2. The molecule has 1 aliphatic heterocycles. The van der Waals surface area contributed by atoms with Crippen molar-refractivity contribution in [3.05, 3.63) is 55.6 Å². The van der Waals surface area contributed by atoms with Gasteiger partial charge in [0, 0.05) is 30.9 Å². The van der Waals surface area contributed by atoms with E-state index in [0.717, 1.165) is 12.8 Å². The van der Waals surface area contributed by atoms with Crippen LogP contribution in [0.25, 0.3) is 0 Å². The van der Waals surface area contributed by atoms with E-state index in [2.05, 4.69) is 0 Å². The molecule has 8 nitrogen and oxygen atoms in total. The van der Waals surface area contributed by atoms with Crippen LogP contribution in [0.15, 0.2) is 30.8 Å². The second-order valence-corrected chi connectivity index (χ2v) is 8.21. The highest BCUT2D eigenvalue weighted by atomic mass is 16.4.